The highest BCUT2D eigenvalue weighted by atomic mass is 16.5. The van der Waals surface area contributed by atoms with E-state index in [0.29, 0.717) is 17.7 Å². The first-order valence-corrected chi connectivity index (χ1v) is 9.83. The smallest absolute Gasteiger partial charge is 0.328 e. The molecule has 0 spiro atoms. The van der Waals surface area contributed by atoms with Crippen LogP contribution < -0.4 is 20.7 Å². The number of methoxy groups -OCH3 is 2. The number of benzene rings is 1. The maximum Gasteiger partial charge on any atom is 0.328 e. The fourth-order valence-electron chi connectivity index (χ4n) is 2.63. The molecule has 3 N–H and O–H groups in total. The Kier molecular flexibility index (Phi) is 11.0. The highest BCUT2D eigenvalue weighted by Crippen LogP contribution is 2.11. The van der Waals surface area contributed by atoms with Gasteiger partial charge in [-0.05, 0) is 36.6 Å². The number of hydrogen-bond donors (Lipinski definition) is 3. The Morgan fingerprint density at radius 1 is 0.900 bits per heavy atom. The lowest BCUT2D eigenvalue weighted by Crippen LogP contribution is -2.43. The van der Waals surface area contributed by atoms with Crippen molar-refractivity contribution < 1.29 is 28.7 Å². The summed E-state index contributed by atoms with van der Waals surface area (Å²) in [6, 6.07) is 5.92. The summed E-state index contributed by atoms with van der Waals surface area (Å²) >= 11 is 0. The van der Waals surface area contributed by atoms with E-state index in [2.05, 4.69) is 16.0 Å². The molecule has 0 heterocycles. The second-order valence-corrected chi connectivity index (χ2v) is 7.11. The number of rotatable bonds is 12. The van der Waals surface area contributed by atoms with Crippen molar-refractivity contribution in [2.75, 3.05) is 27.3 Å². The highest BCUT2D eigenvalue weighted by Gasteiger charge is 2.22. The number of carbonyl (C=O) groups excluding carboxylic acids is 4. The summed E-state index contributed by atoms with van der Waals surface area (Å²) in [5.74, 6) is -0.555. The van der Waals surface area contributed by atoms with Crippen LogP contribution in [0, 0.1) is 5.92 Å². The number of nitrogens with one attached hydrogen (secondary N) is 3. The zero-order chi connectivity index (χ0) is 22.5. The molecule has 1 atom stereocenters. The van der Waals surface area contributed by atoms with Gasteiger partial charge in [-0.2, -0.15) is 0 Å². The van der Waals surface area contributed by atoms with E-state index in [0.717, 1.165) is 0 Å². The largest absolute Gasteiger partial charge is 0.497 e. The molecule has 0 bridgehead atoms. The molecule has 0 saturated heterocycles. The molecule has 0 aromatic heterocycles. The van der Waals surface area contributed by atoms with Gasteiger partial charge in [-0.15, -0.1) is 0 Å². The van der Waals surface area contributed by atoms with Crippen molar-refractivity contribution in [3.63, 3.8) is 0 Å². The summed E-state index contributed by atoms with van der Waals surface area (Å²) in [6.07, 6.45) is 0.593. The molecular weight excluding hydrogens is 390 g/mol. The first-order chi connectivity index (χ1) is 14.3. The minimum absolute atomic E-state index is 0.0372. The van der Waals surface area contributed by atoms with Crippen molar-refractivity contribution in [1.82, 2.24) is 16.0 Å². The van der Waals surface area contributed by atoms with E-state index in [9.17, 15) is 19.2 Å². The fraction of sp³-hybridized carbons (Fsp3) is 0.524. The Bertz CT molecular complexity index is 718. The monoisotopic (exact) mass is 421 g/mol. The quantitative estimate of drug-likeness (QED) is 0.433. The van der Waals surface area contributed by atoms with Crippen molar-refractivity contribution in [2.24, 2.45) is 5.92 Å². The van der Waals surface area contributed by atoms with Crippen molar-refractivity contribution in [3.05, 3.63) is 29.8 Å². The van der Waals surface area contributed by atoms with Gasteiger partial charge in [0.05, 0.1) is 14.2 Å². The van der Waals surface area contributed by atoms with Crippen molar-refractivity contribution in [1.29, 1.82) is 0 Å². The molecule has 1 aromatic carbocycles. The SMILES string of the molecule is COC(=O)C(CC(C)C)NC(=O)CCNC(=O)CCNC(=O)c1ccc(OC)cc1. The van der Waals surface area contributed by atoms with Crippen molar-refractivity contribution >= 4 is 23.7 Å². The van der Waals surface area contributed by atoms with Crippen molar-refractivity contribution in [2.45, 2.75) is 39.2 Å². The molecule has 0 aliphatic heterocycles. The molecule has 3 amide bonds. The second-order valence-electron chi connectivity index (χ2n) is 7.11. The third-order valence-corrected chi connectivity index (χ3v) is 4.19. The van der Waals surface area contributed by atoms with Crippen LogP contribution in [0.1, 0.15) is 43.5 Å². The predicted octanol–water partition coefficient (Wildman–Crippen LogP) is 1.03. The summed E-state index contributed by atoms with van der Waals surface area (Å²) in [6.45, 7) is 4.18. The minimum Gasteiger partial charge on any atom is -0.497 e. The summed E-state index contributed by atoms with van der Waals surface area (Å²) in [4.78, 5) is 47.6. The van der Waals surface area contributed by atoms with Gasteiger partial charge < -0.3 is 25.4 Å². The number of esters is 1. The van der Waals surface area contributed by atoms with E-state index in [4.69, 9.17) is 9.47 Å². The van der Waals surface area contributed by atoms with Crippen LogP contribution >= 0.6 is 0 Å². The number of ether oxygens (including phenoxy) is 2. The molecule has 1 aromatic rings. The van der Waals surface area contributed by atoms with E-state index in [1.54, 1.807) is 31.4 Å². The Hall–Kier alpha value is -3.10. The number of amides is 3. The molecule has 0 saturated carbocycles. The van der Waals surface area contributed by atoms with Crippen LogP contribution in [-0.4, -0.2) is 57.0 Å². The Balaban J connectivity index is 2.27. The van der Waals surface area contributed by atoms with Gasteiger partial charge in [0.25, 0.3) is 5.91 Å². The van der Waals surface area contributed by atoms with E-state index < -0.39 is 12.0 Å². The molecule has 1 rings (SSSR count). The highest BCUT2D eigenvalue weighted by molar-refractivity contribution is 5.94. The normalized spacial score (nSPS) is 11.4. The average molecular weight is 421 g/mol. The summed E-state index contributed by atoms with van der Waals surface area (Å²) < 4.78 is 9.73. The van der Waals surface area contributed by atoms with E-state index in [1.165, 1.54) is 7.11 Å². The zero-order valence-corrected chi connectivity index (χ0v) is 17.9. The average Bonchev–Trinajstić information content (AvgIpc) is 2.72. The second kappa shape index (κ2) is 13.2. The number of carbonyl (C=O) groups is 4. The lowest BCUT2D eigenvalue weighted by atomic mass is 10.0. The van der Waals surface area contributed by atoms with Gasteiger partial charge in [-0.1, -0.05) is 13.8 Å². The summed E-state index contributed by atoms with van der Waals surface area (Å²) in [5, 5.41) is 7.90. The fourth-order valence-corrected chi connectivity index (χ4v) is 2.63. The van der Waals surface area contributed by atoms with E-state index >= 15 is 0 Å². The minimum atomic E-state index is -0.702. The first-order valence-electron chi connectivity index (χ1n) is 9.83. The van der Waals surface area contributed by atoms with Crippen LogP contribution in [0.15, 0.2) is 24.3 Å². The topological polar surface area (TPSA) is 123 Å². The van der Waals surface area contributed by atoms with E-state index in [1.807, 2.05) is 13.8 Å². The van der Waals surface area contributed by atoms with Crippen LogP contribution in [-0.2, 0) is 19.1 Å². The third-order valence-electron chi connectivity index (χ3n) is 4.19. The van der Waals surface area contributed by atoms with Gasteiger partial charge in [0.2, 0.25) is 11.8 Å². The van der Waals surface area contributed by atoms with Gasteiger partial charge >= 0.3 is 5.97 Å². The molecule has 0 aliphatic carbocycles. The van der Waals surface area contributed by atoms with Crippen LogP contribution in [0.5, 0.6) is 5.75 Å². The van der Waals surface area contributed by atoms with Gasteiger partial charge in [-0.3, -0.25) is 14.4 Å². The maximum atomic E-state index is 12.0. The third kappa shape index (κ3) is 9.40. The van der Waals surface area contributed by atoms with Gasteiger partial charge in [0, 0.05) is 31.5 Å². The summed E-state index contributed by atoms with van der Waals surface area (Å²) in [7, 11) is 2.82. The van der Waals surface area contributed by atoms with E-state index in [-0.39, 0.29) is 49.6 Å². The molecule has 9 nitrogen and oxygen atoms in total. The van der Waals surface area contributed by atoms with Crippen LogP contribution in [0.4, 0.5) is 0 Å². The molecule has 30 heavy (non-hydrogen) atoms. The van der Waals surface area contributed by atoms with Crippen LogP contribution in [0.3, 0.4) is 0 Å². The molecule has 166 valence electrons. The molecule has 9 heteroatoms. The van der Waals surface area contributed by atoms with Gasteiger partial charge in [-0.25, -0.2) is 4.79 Å². The Morgan fingerprint density at radius 2 is 1.50 bits per heavy atom. The van der Waals surface area contributed by atoms with Crippen molar-refractivity contribution in [3.8, 4) is 5.75 Å². The Morgan fingerprint density at radius 3 is 2.07 bits per heavy atom. The standard InChI is InChI=1S/C21H31N3O6/c1-14(2)13-17(21(28)30-4)24-19(26)10-11-22-18(25)9-12-23-20(27)15-5-7-16(29-3)8-6-15/h5-8,14,17H,9-13H2,1-4H3,(H,22,25)(H,23,27)(H,24,26). The van der Waals surface area contributed by atoms with Gasteiger partial charge in [0.15, 0.2) is 0 Å². The first kappa shape index (κ1) is 24.9. The molecular formula is C21H31N3O6. The van der Waals surface area contributed by atoms with Gasteiger partial charge in [0.1, 0.15) is 11.8 Å². The molecule has 1 unspecified atom stereocenters. The maximum absolute atomic E-state index is 12.0. The molecule has 0 aliphatic rings. The lowest BCUT2D eigenvalue weighted by Gasteiger charge is -2.18. The zero-order valence-electron chi connectivity index (χ0n) is 17.9. The lowest BCUT2D eigenvalue weighted by molar-refractivity contribution is -0.145. The Labute approximate surface area is 176 Å². The number of hydrogen-bond acceptors (Lipinski definition) is 6. The predicted molar refractivity (Wildman–Crippen MR) is 111 cm³/mol. The van der Waals surface area contributed by atoms with Crippen LogP contribution in [0.25, 0.3) is 0 Å². The summed E-state index contributed by atoms with van der Waals surface area (Å²) in [5.41, 5.74) is 0.467. The molecule has 0 radical (unpaired) electrons. The van der Waals surface area contributed by atoms with Crippen LogP contribution in [0.2, 0.25) is 0 Å². The molecule has 0 fully saturated rings.